The molecule has 0 fully saturated rings. The maximum atomic E-state index is 13.9. The summed E-state index contributed by atoms with van der Waals surface area (Å²) in [6, 6.07) is 16.4. The summed E-state index contributed by atoms with van der Waals surface area (Å²) >= 11 is 6.32. The Bertz CT molecular complexity index is 1870. The minimum atomic E-state index is -0.437. The van der Waals surface area contributed by atoms with Crippen molar-refractivity contribution in [3.8, 4) is 29.0 Å². The second-order valence-electron chi connectivity index (χ2n) is 7.86. The third-order valence-electron chi connectivity index (χ3n) is 5.74. The van der Waals surface area contributed by atoms with E-state index in [2.05, 4.69) is 26.2 Å². The Hall–Kier alpha value is -4.88. The number of imidazole rings is 1. The molecule has 0 saturated carbocycles. The molecule has 2 aromatic carbocycles. The van der Waals surface area contributed by atoms with Gasteiger partial charge in [-0.1, -0.05) is 22.8 Å². The van der Waals surface area contributed by atoms with E-state index in [-0.39, 0.29) is 40.1 Å². The van der Waals surface area contributed by atoms with Crippen LogP contribution in [-0.2, 0) is 6.54 Å². The van der Waals surface area contributed by atoms with Gasteiger partial charge in [0, 0.05) is 11.8 Å². The Morgan fingerprint density at radius 2 is 1.89 bits per heavy atom. The van der Waals surface area contributed by atoms with Gasteiger partial charge >= 0.3 is 0 Å². The van der Waals surface area contributed by atoms with Crippen LogP contribution in [0.4, 0.5) is 4.39 Å². The highest BCUT2D eigenvalue weighted by Crippen LogP contribution is 2.29. The van der Waals surface area contributed by atoms with Gasteiger partial charge in [-0.25, -0.2) is 9.37 Å². The van der Waals surface area contributed by atoms with Crippen molar-refractivity contribution < 1.29 is 8.91 Å². The van der Waals surface area contributed by atoms with E-state index in [1.807, 2.05) is 6.07 Å². The summed E-state index contributed by atoms with van der Waals surface area (Å²) in [5, 5.41) is 14.1. The highest BCUT2D eigenvalue weighted by molar-refractivity contribution is 6.32. The van der Waals surface area contributed by atoms with Crippen LogP contribution in [0.2, 0.25) is 5.02 Å². The zero-order chi connectivity index (χ0) is 24.8. The Balaban J connectivity index is 1.61. The van der Waals surface area contributed by atoms with Crippen LogP contribution in [0, 0.1) is 17.1 Å². The lowest BCUT2D eigenvalue weighted by atomic mass is 10.1. The van der Waals surface area contributed by atoms with Crippen molar-refractivity contribution in [3.05, 3.63) is 99.6 Å². The summed E-state index contributed by atoms with van der Waals surface area (Å²) < 4.78 is 21.7. The predicted molar refractivity (Wildman–Crippen MR) is 129 cm³/mol. The number of rotatable bonds is 4. The lowest BCUT2D eigenvalue weighted by Crippen LogP contribution is -2.25. The zero-order valence-corrected chi connectivity index (χ0v) is 19.0. The van der Waals surface area contributed by atoms with Gasteiger partial charge in [-0.3, -0.25) is 18.7 Å². The van der Waals surface area contributed by atoms with E-state index in [1.165, 1.54) is 35.2 Å². The molecule has 0 atom stereocenters. The third kappa shape index (κ3) is 3.41. The van der Waals surface area contributed by atoms with Gasteiger partial charge in [-0.2, -0.15) is 10.2 Å². The first-order chi connectivity index (χ1) is 17.5. The number of aromatic nitrogens is 6. The molecule has 4 aromatic heterocycles. The summed E-state index contributed by atoms with van der Waals surface area (Å²) in [6.45, 7) is 0.0966. The summed E-state index contributed by atoms with van der Waals surface area (Å²) in [6.07, 6.45) is 3.09. The minimum absolute atomic E-state index is 0.0899. The monoisotopic (exact) mass is 497 g/mol. The van der Waals surface area contributed by atoms with E-state index >= 15 is 0 Å². The normalized spacial score (nSPS) is 11.2. The zero-order valence-electron chi connectivity index (χ0n) is 18.3. The average Bonchev–Trinajstić information content (AvgIpc) is 3.55. The molecule has 0 aliphatic heterocycles. The van der Waals surface area contributed by atoms with Gasteiger partial charge in [-0.15, -0.1) is 0 Å². The fourth-order valence-corrected chi connectivity index (χ4v) is 4.29. The van der Waals surface area contributed by atoms with Gasteiger partial charge in [-0.05, 0) is 48.5 Å². The molecule has 6 aromatic rings. The van der Waals surface area contributed by atoms with Gasteiger partial charge in [0.1, 0.15) is 29.4 Å². The van der Waals surface area contributed by atoms with E-state index in [1.54, 1.807) is 34.9 Å². The molecular weight excluding hydrogens is 485 g/mol. The van der Waals surface area contributed by atoms with Crippen LogP contribution in [0.1, 0.15) is 11.3 Å². The molecule has 0 unspecified atom stereocenters. The molecule has 0 radical (unpaired) electrons. The van der Waals surface area contributed by atoms with Crippen LogP contribution in [0.25, 0.3) is 39.5 Å². The lowest BCUT2D eigenvalue weighted by Gasteiger charge is -2.14. The van der Waals surface area contributed by atoms with E-state index in [9.17, 15) is 14.4 Å². The quantitative estimate of drug-likeness (QED) is 0.353. The smallest absolute Gasteiger partial charge is 0.278 e. The number of benzene rings is 2. The first-order valence-corrected chi connectivity index (χ1v) is 11.0. The van der Waals surface area contributed by atoms with Crippen molar-refractivity contribution in [3.63, 3.8) is 0 Å². The lowest BCUT2D eigenvalue weighted by molar-refractivity contribution is 0.432. The number of fused-ring (bicyclic) bond motifs is 3. The maximum Gasteiger partial charge on any atom is 0.278 e. The number of hydrogen-bond donors (Lipinski definition) is 0. The molecule has 36 heavy (non-hydrogen) atoms. The molecule has 174 valence electrons. The van der Waals surface area contributed by atoms with Crippen molar-refractivity contribution in [1.29, 1.82) is 5.26 Å². The van der Waals surface area contributed by atoms with Crippen molar-refractivity contribution in [1.82, 2.24) is 29.1 Å². The van der Waals surface area contributed by atoms with Crippen LogP contribution in [0.3, 0.4) is 0 Å². The first-order valence-electron chi connectivity index (χ1n) is 10.7. The maximum absolute atomic E-state index is 13.9. The fraction of sp³-hybridized carbons (Fsp3) is 0.0400. The van der Waals surface area contributed by atoms with Crippen molar-refractivity contribution >= 4 is 28.2 Å². The van der Waals surface area contributed by atoms with Crippen molar-refractivity contribution in [2.75, 3.05) is 0 Å². The van der Waals surface area contributed by atoms with E-state index in [4.69, 9.17) is 16.1 Å². The first kappa shape index (κ1) is 21.6. The largest absolute Gasteiger partial charge is 0.334 e. The summed E-state index contributed by atoms with van der Waals surface area (Å²) in [5.41, 5.74) is 2.15. The third-order valence-corrected chi connectivity index (χ3v) is 6.05. The van der Waals surface area contributed by atoms with Crippen LogP contribution < -0.4 is 5.56 Å². The van der Waals surface area contributed by atoms with Crippen LogP contribution in [0.15, 0.2) is 76.4 Å². The van der Waals surface area contributed by atoms with Crippen LogP contribution >= 0.6 is 11.6 Å². The minimum Gasteiger partial charge on any atom is -0.334 e. The Kier molecular flexibility index (Phi) is 5.05. The second-order valence-corrected chi connectivity index (χ2v) is 8.26. The predicted octanol–water partition coefficient (Wildman–Crippen LogP) is 4.47. The highest BCUT2D eigenvalue weighted by atomic mass is 35.5. The number of nitriles is 1. The molecule has 11 heteroatoms. The molecule has 0 saturated heterocycles. The number of nitrogens with zero attached hydrogens (tertiary/aromatic N) is 7. The average molecular weight is 498 g/mol. The number of halogens is 2. The summed E-state index contributed by atoms with van der Waals surface area (Å²) in [7, 11) is 0. The molecule has 4 heterocycles. The van der Waals surface area contributed by atoms with Gasteiger partial charge in [0.2, 0.25) is 5.82 Å². The van der Waals surface area contributed by atoms with E-state index in [0.29, 0.717) is 22.3 Å². The SMILES string of the molecule is N#Cc1c(Cl)ccc2c1n(Cc1ccccn1)c(=O)c1c(-c3noc(-c4ccc(F)cc4)n3)ncn12. The summed E-state index contributed by atoms with van der Waals surface area (Å²) in [5.74, 6) is -0.151. The standard InChI is InChI=1S/C25H13ClFN7O2/c26-18-8-9-19-21(17(18)11-28)33(12-16-3-1-2-10-29-16)25(35)22-20(30-13-34(19)22)23-31-24(36-32-23)14-4-6-15(27)7-5-14/h1-10,13H,12H2. The van der Waals surface area contributed by atoms with Crippen LogP contribution in [0.5, 0.6) is 0 Å². The van der Waals surface area contributed by atoms with Gasteiger partial charge in [0.25, 0.3) is 11.4 Å². The van der Waals surface area contributed by atoms with Gasteiger partial charge in [0.05, 0.1) is 33.9 Å². The molecule has 0 aliphatic carbocycles. The van der Waals surface area contributed by atoms with Gasteiger partial charge in [0.15, 0.2) is 0 Å². The highest BCUT2D eigenvalue weighted by Gasteiger charge is 2.23. The molecule has 0 amide bonds. The Morgan fingerprint density at radius 1 is 1.06 bits per heavy atom. The molecule has 0 spiro atoms. The van der Waals surface area contributed by atoms with Crippen molar-refractivity contribution in [2.24, 2.45) is 0 Å². The van der Waals surface area contributed by atoms with E-state index < -0.39 is 11.4 Å². The Labute approximate surface area is 206 Å². The second kappa shape index (κ2) is 8.41. The molecule has 9 nitrogen and oxygen atoms in total. The number of pyridine rings is 1. The molecule has 0 bridgehead atoms. The number of hydrogen-bond acceptors (Lipinski definition) is 7. The topological polar surface area (TPSA) is 115 Å². The molecule has 0 aliphatic rings. The molecule has 6 rings (SSSR count). The van der Waals surface area contributed by atoms with Crippen LogP contribution in [-0.4, -0.2) is 29.1 Å². The molecule has 0 N–H and O–H groups in total. The van der Waals surface area contributed by atoms with E-state index in [0.717, 1.165) is 0 Å². The van der Waals surface area contributed by atoms with Crippen molar-refractivity contribution in [2.45, 2.75) is 6.54 Å². The molecular formula is C25H13ClFN7O2. The fourth-order valence-electron chi connectivity index (χ4n) is 4.09. The van der Waals surface area contributed by atoms with Gasteiger partial charge < -0.3 is 4.52 Å². The summed E-state index contributed by atoms with van der Waals surface area (Å²) in [4.78, 5) is 27.0. The Morgan fingerprint density at radius 3 is 2.64 bits per heavy atom.